The van der Waals surface area contributed by atoms with Crippen LogP contribution in [0.4, 0.5) is 29.1 Å². The van der Waals surface area contributed by atoms with Gasteiger partial charge in [0.2, 0.25) is 0 Å². The fraction of sp³-hybridized carbons (Fsp3) is 0.507. The normalized spacial score (nSPS) is 26.1. The van der Waals surface area contributed by atoms with Crippen LogP contribution < -0.4 is 17.2 Å². The highest BCUT2D eigenvalue weighted by Gasteiger charge is 2.50. The summed E-state index contributed by atoms with van der Waals surface area (Å²) >= 11 is 11.1. The average molecular weight is 2100 g/mol. The number of hydrogen-bond donors (Lipinski definition) is 9. The number of terminal acetylenes is 1. The Morgan fingerprint density at radius 3 is 1.10 bits per heavy atom. The Morgan fingerprint density at radius 2 is 0.798 bits per heavy atom. The molecule has 0 aromatic carbocycles. The van der Waals surface area contributed by atoms with Gasteiger partial charge in [-0.1, -0.05) is 61.9 Å². The van der Waals surface area contributed by atoms with Crippen molar-refractivity contribution >= 4 is 231 Å². The summed E-state index contributed by atoms with van der Waals surface area (Å²) in [7, 11) is -0.212. The van der Waals surface area contributed by atoms with E-state index < -0.39 is 22.4 Å². The highest BCUT2D eigenvalue weighted by Crippen LogP contribution is 2.48. The number of halogens is 5. The Hall–Kier alpha value is -5.09. The molecule has 10 aromatic rings. The van der Waals surface area contributed by atoms with Crippen molar-refractivity contribution in [2.75, 3.05) is 81.9 Å². The van der Waals surface area contributed by atoms with E-state index in [0.717, 1.165) is 80.2 Å². The lowest BCUT2D eigenvalue weighted by molar-refractivity contribution is -0.144. The number of anilines is 3. The number of aldehydes is 2. The van der Waals surface area contributed by atoms with Crippen molar-refractivity contribution in [3.63, 3.8) is 0 Å². The van der Waals surface area contributed by atoms with Crippen molar-refractivity contribution < 1.29 is 63.9 Å². The van der Waals surface area contributed by atoms with E-state index in [2.05, 4.69) is 177 Å². The number of ether oxygens (including phenoxy) is 5. The van der Waals surface area contributed by atoms with Gasteiger partial charge >= 0.3 is 0 Å². The van der Waals surface area contributed by atoms with E-state index in [1.165, 1.54) is 31.6 Å². The van der Waals surface area contributed by atoms with Gasteiger partial charge in [-0.15, -0.1) is 6.42 Å². The van der Waals surface area contributed by atoms with E-state index >= 15 is 0 Å². The Labute approximate surface area is 700 Å². The number of carbonyl (C=O) groups excluding carboxylic acids is 2. The van der Waals surface area contributed by atoms with E-state index in [-0.39, 0.29) is 128 Å². The summed E-state index contributed by atoms with van der Waals surface area (Å²) in [4.78, 5) is 64.7. The van der Waals surface area contributed by atoms with Gasteiger partial charge in [0.25, 0.3) is 0 Å². The van der Waals surface area contributed by atoms with E-state index in [1.807, 2.05) is 113 Å². The minimum Gasteiger partial charge on any atom is -0.393 e. The molecule has 0 saturated carbocycles. The van der Waals surface area contributed by atoms with Gasteiger partial charge in [-0.25, -0.2) is 58.6 Å². The summed E-state index contributed by atoms with van der Waals surface area (Å²) in [6, 6.07) is 0. The zero-order valence-electron chi connectivity index (χ0n) is 60.7. The molecular formula is C69H85I5N20O13S2. The number of hydrogen-bond acceptors (Lipinski definition) is 28. The molecule has 0 radical (unpaired) electrons. The Kier molecular flexibility index (Phi) is 27.5. The van der Waals surface area contributed by atoms with Crippen LogP contribution in [-0.4, -0.2) is 209 Å². The lowest BCUT2D eigenvalue weighted by Crippen LogP contribution is -2.42. The number of nitrogens with two attached hydrogens (primary N) is 3. The van der Waals surface area contributed by atoms with Gasteiger partial charge in [0.15, 0.2) is 29.1 Å². The zero-order valence-corrected chi connectivity index (χ0v) is 73.1. The third-order valence-corrected chi connectivity index (χ3v) is 25.8. The molecule has 13 atom stereocenters. The molecule has 109 heavy (non-hydrogen) atoms. The molecule has 40 heteroatoms. The molecule has 10 aromatic heterocycles. The zero-order chi connectivity index (χ0) is 78.9. The molecule has 0 aliphatic carbocycles. The third-order valence-electron chi connectivity index (χ3n) is 20.6. The van der Waals surface area contributed by atoms with Crippen molar-refractivity contribution in [2.24, 2.45) is 38.3 Å². The average Bonchev–Trinajstić information content (AvgIpc) is 1.63. The summed E-state index contributed by atoms with van der Waals surface area (Å²) < 4.78 is 53.4. The van der Waals surface area contributed by atoms with Crippen LogP contribution in [0.3, 0.4) is 0 Å². The van der Waals surface area contributed by atoms with Gasteiger partial charge in [0, 0.05) is 54.8 Å². The third kappa shape index (κ3) is 16.6. The number of fused-ring (bicyclic) bond motifs is 5. The number of aromatic nitrogens is 15. The maximum absolute atomic E-state index is 11.3. The van der Waals surface area contributed by atoms with Gasteiger partial charge in [-0.05, 0) is 194 Å². The van der Waals surface area contributed by atoms with Crippen molar-refractivity contribution in [1.82, 2.24) is 72.7 Å². The molecule has 0 amide bonds. The summed E-state index contributed by atoms with van der Waals surface area (Å²) in [5.41, 5.74) is 17.5. The van der Waals surface area contributed by atoms with E-state index in [1.54, 1.807) is 0 Å². The molecule has 5 saturated heterocycles. The van der Waals surface area contributed by atoms with Crippen LogP contribution in [0.5, 0.6) is 0 Å². The SMILES string of the molecule is C#C[C@]1(CO)O[C@@H](n2cc(I)c3c(N)ncnc32)C[C@@H]1C.C[C@H]1C[C@H](n2cc(I)c3c(N)ncnc32)OC1(CO)CO.C[C@H]1C[C@H](n2cc(I)c3c(N)ncnc32)O[C@]1(C=O)CO.C[C@H]1C[C@H](n2cc(I)c3c(N=S(C)C)ncnc32)OC1(CO)CO.C[C@H]1C[C@H](n2cc(I)c3c(N=S(C)C)ncnc32)O[C@@H]1C=O. The van der Waals surface area contributed by atoms with Crippen LogP contribution >= 0.6 is 113 Å². The van der Waals surface area contributed by atoms with Crippen molar-refractivity contribution in [2.45, 2.75) is 126 Å². The largest absolute Gasteiger partial charge is 0.393 e. The first kappa shape index (κ1) is 84.8. The van der Waals surface area contributed by atoms with Crippen LogP contribution in [0.25, 0.3) is 55.2 Å². The van der Waals surface area contributed by atoms with Gasteiger partial charge in [-0.3, -0.25) is 0 Å². The second-order valence-electron chi connectivity index (χ2n) is 27.7. The summed E-state index contributed by atoms with van der Waals surface area (Å²) in [6.45, 7) is 8.49. The smallest absolute Gasteiger partial charge is 0.172 e. The Morgan fingerprint density at radius 1 is 0.468 bits per heavy atom. The molecule has 586 valence electrons. The molecule has 5 fully saturated rings. The molecule has 5 aliphatic heterocycles. The van der Waals surface area contributed by atoms with Crippen molar-refractivity contribution in [1.29, 1.82) is 0 Å². The van der Waals surface area contributed by atoms with Gasteiger partial charge in [0.05, 0.1) is 66.6 Å². The van der Waals surface area contributed by atoms with E-state index in [4.69, 9.17) is 47.3 Å². The number of carbonyl (C=O) groups is 2. The van der Waals surface area contributed by atoms with Gasteiger partial charge in [0.1, 0.15) is 132 Å². The quantitative estimate of drug-likeness (QED) is 0.0264. The van der Waals surface area contributed by atoms with E-state index in [0.29, 0.717) is 66.5 Å². The molecule has 0 unspecified atom stereocenters. The predicted molar refractivity (Wildman–Crippen MR) is 455 cm³/mol. The molecule has 15 heterocycles. The van der Waals surface area contributed by atoms with E-state index in [9.17, 15) is 40.2 Å². The molecule has 0 spiro atoms. The second-order valence-corrected chi connectivity index (χ2v) is 37.0. The first-order chi connectivity index (χ1) is 52.0. The topological polar surface area (TPSA) is 458 Å². The number of aliphatic hydroxyl groups is 6. The maximum atomic E-state index is 11.3. The number of aliphatic hydroxyl groups excluding tert-OH is 6. The fourth-order valence-electron chi connectivity index (χ4n) is 14.1. The first-order valence-corrected chi connectivity index (χ1v) is 43.7. The van der Waals surface area contributed by atoms with Crippen LogP contribution in [0.15, 0.2) is 71.3 Å². The highest BCUT2D eigenvalue weighted by molar-refractivity contribution is 14.1. The van der Waals surface area contributed by atoms with Gasteiger partial charge < -0.3 is 104 Å². The van der Waals surface area contributed by atoms with Crippen molar-refractivity contribution in [3.8, 4) is 12.3 Å². The lowest BCUT2D eigenvalue weighted by Gasteiger charge is -2.28. The molecule has 0 bridgehead atoms. The van der Waals surface area contributed by atoms with Crippen LogP contribution in [-0.2, 0) is 54.7 Å². The predicted octanol–water partition coefficient (Wildman–Crippen LogP) is 8.40. The van der Waals surface area contributed by atoms with Crippen LogP contribution in [0.2, 0.25) is 0 Å². The standard InChI is InChI=1S/C15H21IN4O3S.C14H17IN4O2S.C14H15IN4O2.C13H17IN4O3.C13H15IN4O3/c1-9-4-11(23-15(9,6-21)7-22)20-5-10(16)12-13(19-24(2)3)17-8-18-14(12)20;1-8-4-11(21-10(8)6-20)19-5-9(15)12-13(18-22(2)3)16-7-17-14(12)19;1-3-14(6-20)8(2)4-10(21-14)19-5-9(15)11-12(16)17-7-18-13(11)19;2*1-7-2-9(21-13(7,4-19)5-20)18-3-8(14)10-11(15)16-6-17-12(10)18/h5,8-9,11,21-22H,4,6-7H2,1-3H3;5-8,10-11H,4H2,1-3H3;1,5,7-8,10,20H,4,6H2,2H3,(H2,16,17,18);3,6-7,9,19-20H,2,4-5H2,1H3,(H2,15,16,17);3-4,6-7,9,20H,2,5H2,1H3,(H2,15,16,17)/t9-,11+;8-,10+,11+;8-,10+,14+;7-,9+;7-,9+,13+/m00000/s1. The Balaban J connectivity index is 0.000000135. The number of nitrogen functional groups attached to an aromatic ring is 3. The molecule has 5 aliphatic rings. The van der Waals surface area contributed by atoms with Crippen LogP contribution in [0.1, 0.15) is 97.9 Å². The minimum atomic E-state index is -1.15. The first-order valence-electron chi connectivity index (χ1n) is 34.3. The maximum Gasteiger partial charge on any atom is 0.172 e. The molecule has 15 rings (SSSR count). The monoisotopic (exact) mass is 2100 g/mol. The summed E-state index contributed by atoms with van der Waals surface area (Å²) in [5, 5.41) is 61.9. The van der Waals surface area contributed by atoms with Gasteiger partial charge in [-0.2, -0.15) is 0 Å². The minimum absolute atomic E-state index is 0.0341. The molecular weight excluding hydrogens is 2020 g/mol. The second kappa shape index (κ2) is 35.3. The van der Waals surface area contributed by atoms with Crippen LogP contribution in [0, 0.1) is 59.8 Å². The number of rotatable bonds is 15. The molecule has 12 N–H and O–H groups in total. The fourth-order valence-corrected chi connectivity index (χ4v) is 19.0. The Bertz CT molecular complexity index is 5100. The highest BCUT2D eigenvalue weighted by atomic mass is 127. The number of nitrogens with zero attached hydrogens (tertiary/aromatic N) is 17. The lowest BCUT2D eigenvalue weighted by atomic mass is 9.90. The van der Waals surface area contributed by atoms with Crippen molar-refractivity contribution in [3.05, 3.63) is 80.5 Å². The summed E-state index contributed by atoms with van der Waals surface area (Å²) in [5.74, 6) is 5.55. The molecule has 33 nitrogen and oxygen atoms in total. The summed E-state index contributed by atoms with van der Waals surface area (Å²) in [6.07, 6.45) is 34.1.